The molecule has 0 spiro atoms. The molecule has 2 rings (SSSR count). The quantitative estimate of drug-likeness (QED) is 0.842. The predicted molar refractivity (Wildman–Crippen MR) is 65.0 cm³/mol. The number of imidazole rings is 1. The number of rotatable bonds is 3. The second-order valence-corrected chi connectivity index (χ2v) is 4.58. The molecule has 92 valence electrons. The lowest BCUT2D eigenvalue weighted by Gasteiger charge is -2.09. The Morgan fingerprint density at radius 2 is 2.12 bits per heavy atom. The molecule has 2 aromatic heterocycles. The van der Waals surface area contributed by atoms with E-state index < -0.39 is 0 Å². The number of aromatic amines is 1. The second-order valence-electron chi connectivity index (χ2n) is 4.58. The molecule has 0 saturated carbocycles. The van der Waals surface area contributed by atoms with Gasteiger partial charge in [-0.25, -0.2) is 9.78 Å². The number of nitrogens with zero attached hydrogens (tertiary/aromatic N) is 3. The van der Waals surface area contributed by atoms with Crippen LogP contribution in [0.25, 0.3) is 11.2 Å². The van der Waals surface area contributed by atoms with Gasteiger partial charge in [-0.05, 0) is 12.3 Å². The highest BCUT2D eigenvalue weighted by molar-refractivity contribution is 5.68. The smallest absolute Gasteiger partial charge is 0.332 e. The molecule has 6 heteroatoms. The summed E-state index contributed by atoms with van der Waals surface area (Å²) in [4.78, 5) is 30.6. The molecule has 1 N–H and O–H groups in total. The van der Waals surface area contributed by atoms with E-state index in [0.717, 1.165) is 11.0 Å². The van der Waals surface area contributed by atoms with Crippen molar-refractivity contribution >= 4 is 11.2 Å². The van der Waals surface area contributed by atoms with Gasteiger partial charge in [0.1, 0.15) is 5.52 Å². The summed E-state index contributed by atoms with van der Waals surface area (Å²) in [5.41, 5.74) is 0.188. The largest absolute Gasteiger partial charge is 0.339 e. The van der Waals surface area contributed by atoms with Crippen LogP contribution in [0.3, 0.4) is 0 Å². The van der Waals surface area contributed by atoms with Gasteiger partial charge in [-0.15, -0.1) is 0 Å². The summed E-state index contributed by atoms with van der Waals surface area (Å²) < 4.78 is 2.66. The first-order valence-electron chi connectivity index (χ1n) is 5.65. The van der Waals surface area contributed by atoms with Crippen LogP contribution in [0, 0.1) is 5.92 Å². The van der Waals surface area contributed by atoms with Crippen LogP contribution in [-0.4, -0.2) is 19.1 Å². The summed E-state index contributed by atoms with van der Waals surface area (Å²) in [6, 6.07) is 0. The molecule has 0 bridgehead atoms. The number of aromatic nitrogens is 4. The van der Waals surface area contributed by atoms with Crippen LogP contribution in [0.2, 0.25) is 0 Å². The van der Waals surface area contributed by atoms with E-state index in [4.69, 9.17) is 0 Å². The van der Waals surface area contributed by atoms with E-state index in [1.165, 1.54) is 13.4 Å². The maximum atomic E-state index is 12.0. The van der Waals surface area contributed by atoms with Crippen molar-refractivity contribution in [3.8, 4) is 0 Å². The molecule has 0 fully saturated rings. The molecule has 0 unspecified atom stereocenters. The van der Waals surface area contributed by atoms with Crippen LogP contribution in [0.4, 0.5) is 0 Å². The summed E-state index contributed by atoms with van der Waals surface area (Å²) in [5.74, 6) is 0.494. The summed E-state index contributed by atoms with van der Waals surface area (Å²) >= 11 is 0. The Labute approximate surface area is 97.9 Å². The van der Waals surface area contributed by atoms with Crippen molar-refractivity contribution in [2.75, 3.05) is 0 Å². The number of nitrogens with one attached hydrogen (secondary N) is 1. The van der Waals surface area contributed by atoms with Crippen LogP contribution in [0.1, 0.15) is 20.3 Å². The molecule has 17 heavy (non-hydrogen) atoms. The summed E-state index contributed by atoms with van der Waals surface area (Å²) in [6.45, 7) is 4.76. The second kappa shape index (κ2) is 4.20. The first-order valence-corrected chi connectivity index (χ1v) is 5.65. The van der Waals surface area contributed by atoms with Crippen LogP contribution in [0.15, 0.2) is 15.9 Å². The van der Waals surface area contributed by atoms with Gasteiger partial charge in [0, 0.05) is 13.6 Å². The number of H-pyrrole nitrogens is 1. The fourth-order valence-electron chi connectivity index (χ4n) is 1.76. The molecular formula is C11H16N4O2. The number of hydrogen-bond acceptors (Lipinski definition) is 3. The topological polar surface area (TPSA) is 72.7 Å². The molecule has 2 heterocycles. The Balaban J connectivity index is 2.65. The average Bonchev–Trinajstić information content (AvgIpc) is 2.74. The van der Waals surface area contributed by atoms with Gasteiger partial charge in [-0.1, -0.05) is 13.8 Å². The zero-order valence-corrected chi connectivity index (χ0v) is 10.2. The lowest BCUT2D eigenvalue weighted by molar-refractivity contribution is 0.500. The van der Waals surface area contributed by atoms with Crippen molar-refractivity contribution in [2.45, 2.75) is 26.8 Å². The number of aryl methyl sites for hydroxylation is 1. The van der Waals surface area contributed by atoms with E-state index in [-0.39, 0.29) is 11.2 Å². The van der Waals surface area contributed by atoms with Gasteiger partial charge in [0.15, 0.2) is 5.65 Å². The Kier molecular flexibility index (Phi) is 2.87. The molecule has 0 saturated heterocycles. The van der Waals surface area contributed by atoms with Crippen molar-refractivity contribution in [1.29, 1.82) is 0 Å². The molecule has 6 nitrogen and oxygen atoms in total. The Bertz CT molecular complexity index is 648. The van der Waals surface area contributed by atoms with E-state index in [9.17, 15) is 9.59 Å². The predicted octanol–water partition coefficient (Wildman–Crippen LogP) is 0.469. The maximum absolute atomic E-state index is 12.0. The van der Waals surface area contributed by atoms with Crippen LogP contribution < -0.4 is 11.2 Å². The van der Waals surface area contributed by atoms with E-state index in [2.05, 4.69) is 23.8 Å². The third-order valence-electron chi connectivity index (χ3n) is 2.84. The highest BCUT2D eigenvalue weighted by atomic mass is 16.2. The van der Waals surface area contributed by atoms with Gasteiger partial charge < -0.3 is 4.98 Å². The van der Waals surface area contributed by atoms with E-state index >= 15 is 0 Å². The molecule has 0 aromatic carbocycles. The lowest BCUT2D eigenvalue weighted by atomic mass is 10.1. The first kappa shape index (κ1) is 11.6. The normalized spacial score (nSPS) is 11.5. The van der Waals surface area contributed by atoms with Gasteiger partial charge in [0.25, 0.3) is 5.56 Å². The molecule has 2 aromatic rings. The zero-order valence-electron chi connectivity index (χ0n) is 10.2. The monoisotopic (exact) mass is 236 g/mol. The first-order chi connectivity index (χ1) is 8.02. The number of fused-ring (bicyclic) bond motifs is 1. The molecule has 0 radical (unpaired) electrons. The van der Waals surface area contributed by atoms with Crippen LogP contribution >= 0.6 is 0 Å². The van der Waals surface area contributed by atoms with Gasteiger partial charge in [-0.3, -0.25) is 13.9 Å². The zero-order chi connectivity index (χ0) is 12.6. The fourth-order valence-corrected chi connectivity index (χ4v) is 1.76. The van der Waals surface area contributed by atoms with Crippen molar-refractivity contribution in [1.82, 2.24) is 19.1 Å². The van der Waals surface area contributed by atoms with Crippen molar-refractivity contribution in [3.05, 3.63) is 27.2 Å². The highest BCUT2D eigenvalue weighted by Crippen LogP contribution is 2.05. The number of hydrogen-bond donors (Lipinski definition) is 1. The fraction of sp³-hybridized carbons (Fsp3) is 0.545. The van der Waals surface area contributed by atoms with E-state index in [1.54, 1.807) is 4.57 Å². The van der Waals surface area contributed by atoms with E-state index in [1.807, 2.05) is 0 Å². The van der Waals surface area contributed by atoms with Gasteiger partial charge in [0.2, 0.25) is 0 Å². The Morgan fingerprint density at radius 1 is 1.41 bits per heavy atom. The van der Waals surface area contributed by atoms with Crippen LogP contribution in [0.5, 0.6) is 0 Å². The SMILES string of the molecule is CC(C)CCn1c(=O)n(C)c(=O)c2[nH]cnc21. The molecule has 0 aliphatic carbocycles. The third kappa shape index (κ3) is 1.90. The van der Waals surface area contributed by atoms with Crippen molar-refractivity contribution in [2.24, 2.45) is 13.0 Å². The third-order valence-corrected chi connectivity index (χ3v) is 2.84. The standard InChI is InChI=1S/C11H16N4O2/c1-7(2)4-5-15-9-8(12-6-13-9)10(16)14(3)11(15)17/h6-7H,4-5H2,1-3H3,(H,12,13). The maximum Gasteiger partial charge on any atom is 0.332 e. The molecule has 0 atom stereocenters. The summed E-state index contributed by atoms with van der Waals surface area (Å²) in [5, 5.41) is 0. The Hall–Kier alpha value is -1.85. The van der Waals surface area contributed by atoms with Crippen molar-refractivity contribution in [3.63, 3.8) is 0 Å². The lowest BCUT2D eigenvalue weighted by Crippen LogP contribution is -2.38. The average molecular weight is 236 g/mol. The van der Waals surface area contributed by atoms with Gasteiger partial charge in [0.05, 0.1) is 6.33 Å². The summed E-state index contributed by atoms with van der Waals surface area (Å²) in [7, 11) is 1.48. The van der Waals surface area contributed by atoms with Gasteiger partial charge in [-0.2, -0.15) is 0 Å². The van der Waals surface area contributed by atoms with Crippen LogP contribution in [-0.2, 0) is 13.6 Å². The molecular weight excluding hydrogens is 220 g/mol. The minimum Gasteiger partial charge on any atom is -0.339 e. The Morgan fingerprint density at radius 3 is 2.76 bits per heavy atom. The highest BCUT2D eigenvalue weighted by Gasteiger charge is 2.12. The molecule has 0 aliphatic heterocycles. The molecule has 0 amide bonds. The van der Waals surface area contributed by atoms with E-state index in [0.29, 0.717) is 23.6 Å². The summed E-state index contributed by atoms with van der Waals surface area (Å²) in [6.07, 6.45) is 2.32. The van der Waals surface area contributed by atoms with Gasteiger partial charge >= 0.3 is 5.69 Å². The minimum atomic E-state index is -0.330. The minimum absolute atomic E-state index is 0.310. The molecule has 0 aliphatic rings. The van der Waals surface area contributed by atoms with Crippen molar-refractivity contribution < 1.29 is 0 Å².